The molecule has 0 amide bonds. The van der Waals surface area contributed by atoms with Crippen molar-refractivity contribution in [2.45, 2.75) is 116 Å². The second-order valence-electron chi connectivity index (χ2n) is 11.7. The van der Waals surface area contributed by atoms with Gasteiger partial charge < -0.3 is 29.2 Å². The van der Waals surface area contributed by atoms with Crippen molar-refractivity contribution >= 4 is 17.9 Å². The third-order valence-electron chi connectivity index (χ3n) is 8.75. The van der Waals surface area contributed by atoms with Gasteiger partial charge in [-0.05, 0) is 56.4 Å². The monoisotopic (exact) mass is 550 g/mol. The summed E-state index contributed by atoms with van der Waals surface area (Å²) < 4.78 is 23.1. The Morgan fingerprint density at radius 3 is 2.51 bits per heavy atom. The molecule has 0 aromatic carbocycles. The number of esters is 3. The normalized spacial score (nSPS) is 36.0. The maximum atomic E-state index is 13.2. The third-order valence-corrected chi connectivity index (χ3v) is 8.75. The Hall–Kier alpha value is -2.23. The zero-order chi connectivity index (χ0) is 29.1. The molecule has 9 heteroatoms. The molecule has 2 bridgehead atoms. The molecule has 0 radical (unpaired) electrons. The van der Waals surface area contributed by atoms with E-state index in [0.29, 0.717) is 18.4 Å². The van der Waals surface area contributed by atoms with E-state index in [4.69, 9.17) is 18.9 Å². The van der Waals surface area contributed by atoms with Gasteiger partial charge in [0.1, 0.15) is 11.7 Å². The van der Waals surface area contributed by atoms with Crippen molar-refractivity contribution in [2.75, 3.05) is 6.61 Å². The molecule has 3 fully saturated rings. The van der Waals surface area contributed by atoms with Crippen LogP contribution in [0.5, 0.6) is 0 Å². The van der Waals surface area contributed by atoms with Gasteiger partial charge >= 0.3 is 17.9 Å². The van der Waals surface area contributed by atoms with Crippen molar-refractivity contribution in [3.63, 3.8) is 0 Å². The average molecular weight is 551 g/mol. The first-order valence-corrected chi connectivity index (χ1v) is 14.3. The fourth-order valence-electron chi connectivity index (χ4n) is 6.56. The number of aliphatic hydroxyl groups is 2. The third kappa shape index (κ3) is 6.92. The number of hydrogen-bond donors (Lipinski definition) is 2. The maximum Gasteiger partial charge on any atom is 0.347 e. The molecule has 2 unspecified atom stereocenters. The van der Waals surface area contributed by atoms with Gasteiger partial charge in [-0.25, -0.2) is 4.79 Å². The molecule has 2 heterocycles. The van der Waals surface area contributed by atoms with Crippen molar-refractivity contribution in [1.29, 1.82) is 0 Å². The molecule has 0 spiro atoms. The lowest BCUT2D eigenvalue weighted by Gasteiger charge is -2.46. The number of carbonyl (C=O) groups excluding carboxylic acids is 3. The van der Waals surface area contributed by atoms with Crippen molar-refractivity contribution in [2.24, 2.45) is 23.7 Å². The molecule has 0 aromatic heterocycles. The zero-order valence-electron chi connectivity index (χ0n) is 24.0. The summed E-state index contributed by atoms with van der Waals surface area (Å²) in [6.45, 7) is 17.2. The first kappa shape index (κ1) is 31.3. The summed E-state index contributed by atoms with van der Waals surface area (Å²) >= 11 is 0. The van der Waals surface area contributed by atoms with Crippen molar-refractivity contribution in [3.05, 3.63) is 24.3 Å². The summed E-state index contributed by atoms with van der Waals surface area (Å²) in [5.41, 5.74) is -0.145. The van der Waals surface area contributed by atoms with Crippen LogP contribution in [0, 0.1) is 23.7 Å². The Morgan fingerprint density at radius 1 is 1.21 bits per heavy atom. The highest BCUT2D eigenvalue weighted by atomic mass is 16.6. The lowest BCUT2D eigenvalue weighted by atomic mass is 9.60. The summed E-state index contributed by atoms with van der Waals surface area (Å²) in [6.07, 6.45) is -1.55. The fourth-order valence-corrected chi connectivity index (χ4v) is 6.56. The average Bonchev–Trinajstić information content (AvgIpc) is 3.26. The van der Waals surface area contributed by atoms with Gasteiger partial charge in [0, 0.05) is 31.6 Å². The standard InChI is InChI=1S/C30H46O9/c1-8-10-25(33)37-22(9-2)29(34)39-24-14-21(32)17(4)13-23-26-16(3)11-12-20(18(5)15-36-19(6)31)27(26)28(38-23)30(24,7)35/h18,20-24,26-28,32,35H,3-4,8-15H2,1-2,5-7H3/t18-,20+,21-,22?,23+,24?,26+,27+,28+,30+/m0/s1. The lowest BCUT2D eigenvalue weighted by Crippen LogP contribution is -2.57. The van der Waals surface area contributed by atoms with Crippen LogP contribution >= 0.6 is 0 Å². The molecular formula is C30H46O9. The number of aliphatic hydroxyl groups excluding tert-OH is 1. The SMILES string of the molecule is C=C1CC[C@H]([C@@H](C)COC(C)=O)[C@@H]2[C@H]1[C@H]1CC(=C)[C@@H](O)CC(OC(=O)C(CC)OC(=O)CCC)[C@@](C)(O)[C@@H]2O1. The number of hydrogen-bond acceptors (Lipinski definition) is 9. The maximum absolute atomic E-state index is 13.2. The first-order chi connectivity index (χ1) is 18.3. The predicted molar refractivity (Wildman–Crippen MR) is 143 cm³/mol. The Bertz CT molecular complexity index is 941. The van der Waals surface area contributed by atoms with Gasteiger partial charge in [0.2, 0.25) is 0 Å². The molecule has 39 heavy (non-hydrogen) atoms. The lowest BCUT2D eigenvalue weighted by molar-refractivity contribution is -0.202. The number of ether oxygens (including phenoxy) is 4. The van der Waals surface area contributed by atoms with Crippen LogP contribution in [-0.4, -0.2) is 70.8 Å². The molecule has 0 aromatic rings. The van der Waals surface area contributed by atoms with Crippen LogP contribution in [0.15, 0.2) is 24.3 Å². The van der Waals surface area contributed by atoms with E-state index in [1.54, 1.807) is 13.8 Å². The van der Waals surface area contributed by atoms with Crippen LogP contribution < -0.4 is 0 Å². The highest BCUT2D eigenvalue weighted by Gasteiger charge is 2.60. The molecule has 2 N–H and O–H groups in total. The minimum absolute atomic E-state index is 0.00432. The summed E-state index contributed by atoms with van der Waals surface area (Å²) in [6, 6.07) is 0. The second kappa shape index (κ2) is 13.0. The minimum Gasteiger partial charge on any atom is -0.466 e. The van der Waals surface area contributed by atoms with Crippen LogP contribution in [0.2, 0.25) is 0 Å². The van der Waals surface area contributed by atoms with Crippen LogP contribution in [-0.2, 0) is 33.3 Å². The molecule has 3 rings (SSSR count). The molecule has 220 valence electrons. The summed E-state index contributed by atoms with van der Waals surface area (Å²) in [5.74, 6) is -1.85. The molecular weight excluding hydrogens is 504 g/mol. The highest BCUT2D eigenvalue weighted by molar-refractivity contribution is 5.79. The van der Waals surface area contributed by atoms with E-state index in [0.717, 1.165) is 18.4 Å². The van der Waals surface area contributed by atoms with Crippen molar-refractivity contribution < 1.29 is 43.5 Å². The van der Waals surface area contributed by atoms with Gasteiger partial charge in [-0.3, -0.25) is 9.59 Å². The van der Waals surface area contributed by atoms with E-state index in [-0.39, 0.29) is 61.6 Å². The minimum atomic E-state index is -1.69. The smallest absolute Gasteiger partial charge is 0.347 e. The quantitative estimate of drug-likeness (QED) is 0.251. The van der Waals surface area contributed by atoms with Gasteiger partial charge in [-0.2, -0.15) is 0 Å². The topological polar surface area (TPSA) is 129 Å². The molecule has 1 saturated carbocycles. The fraction of sp³-hybridized carbons (Fsp3) is 0.767. The second-order valence-corrected chi connectivity index (χ2v) is 11.7. The van der Waals surface area contributed by atoms with Gasteiger partial charge in [0.15, 0.2) is 6.10 Å². The van der Waals surface area contributed by atoms with Crippen LogP contribution in [0.4, 0.5) is 0 Å². The van der Waals surface area contributed by atoms with E-state index in [1.807, 2.05) is 13.8 Å². The number of rotatable bonds is 9. The Kier molecular flexibility index (Phi) is 10.4. The summed E-state index contributed by atoms with van der Waals surface area (Å²) in [5, 5.41) is 23.1. The van der Waals surface area contributed by atoms with Gasteiger partial charge in [-0.15, -0.1) is 0 Å². The first-order valence-electron chi connectivity index (χ1n) is 14.3. The highest BCUT2D eigenvalue weighted by Crippen LogP contribution is 2.55. The van der Waals surface area contributed by atoms with Crippen molar-refractivity contribution in [3.8, 4) is 0 Å². The summed E-state index contributed by atoms with van der Waals surface area (Å²) in [4.78, 5) is 36.8. The Labute approximate surface area is 231 Å². The molecule has 3 aliphatic rings. The molecule has 10 atom stereocenters. The molecule has 2 saturated heterocycles. The zero-order valence-corrected chi connectivity index (χ0v) is 24.0. The molecule has 1 aliphatic carbocycles. The van der Waals surface area contributed by atoms with Gasteiger partial charge in [-0.1, -0.05) is 39.5 Å². The van der Waals surface area contributed by atoms with E-state index in [9.17, 15) is 24.6 Å². The van der Waals surface area contributed by atoms with E-state index in [1.165, 1.54) is 6.92 Å². The van der Waals surface area contributed by atoms with Crippen LogP contribution in [0.1, 0.15) is 79.6 Å². The van der Waals surface area contributed by atoms with E-state index in [2.05, 4.69) is 13.2 Å². The van der Waals surface area contributed by atoms with Gasteiger partial charge in [0.25, 0.3) is 0 Å². The van der Waals surface area contributed by atoms with Crippen molar-refractivity contribution in [1.82, 2.24) is 0 Å². The van der Waals surface area contributed by atoms with Crippen LogP contribution in [0.25, 0.3) is 0 Å². The van der Waals surface area contributed by atoms with E-state index < -0.39 is 42.0 Å². The Balaban J connectivity index is 1.95. The number of fused-ring (bicyclic) bond motifs is 5. The predicted octanol–water partition coefficient (Wildman–Crippen LogP) is 3.65. The molecule has 9 nitrogen and oxygen atoms in total. The summed E-state index contributed by atoms with van der Waals surface area (Å²) in [7, 11) is 0. The number of carbonyl (C=O) groups is 3. The molecule has 2 aliphatic heterocycles. The Morgan fingerprint density at radius 2 is 1.90 bits per heavy atom. The largest absolute Gasteiger partial charge is 0.466 e. The van der Waals surface area contributed by atoms with Crippen LogP contribution in [0.3, 0.4) is 0 Å². The van der Waals surface area contributed by atoms with Gasteiger partial charge in [0.05, 0.1) is 24.9 Å². The van der Waals surface area contributed by atoms with E-state index >= 15 is 0 Å².